The molecule has 0 amide bonds. The number of aromatic nitrogens is 1. The van der Waals surface area contributed by atoms with Crippen molar-refractivity contribution in [3.8, 4) is 0 Å². The smallest absolute Gasteiger partial charge is 0.0705 e. The zero-order chi connectivity index (χ0) is 14.5. The fourth-order valence-corrected chi connectivity index (χ4v) is 2.81. The molecule has 0 atom stereocenters. The minimum Gasteiger partial charge on any atom is -1.00 e. The lowest BCUT2D eigenvalue weighted by molar-refractivity contribution is -0.00000553. The van der Waals surface area contributed by atoms with Crippen molar-refractivity contribution >= 4 is 5.57 Å². The van der Waals surface area contributed by atoms with Crippen molar-refractivity contribution in [1.82, 2.24) is 9.88 Å². The molecule has 1 saturated heterocycles. The highest BCUT2D eigenvalue weighted by Crippen LogP contribution is 2.22. The lowest BCUT2D eigenvalue weighted by Crippen LogP contribution is -3.00. The van der Waals surface area contributed by atoms with E-state index in [4.69, 9.17) is 0 Å². The molecule has 1 aromatic heterocycles. The third kappa shape index (κ3) is 5.17. The van der Waals surface area contributed by atoms with E-state index in [2.05, 4.69) is 59.3 Å². The summed E-state index contributed by atoms with van der Waals surface area (Å²) in [5, 5.41) is 0. The van der Waals surface area contributed by atoms with Crippen LogP contribution in [0.3, 0.4) is 0 Å². The van der Waals surface area contributed by atoms with Crippen LogP contribution in [0.4, 0.5) is 0 Å². The summed E-state index contributed by atoms with van der Waals surface area (Å²) >= 11 is 0. The third-order valence-electron chi connectivity index (χ3n) is 4.06. The summed E-state index contributed by atoms with van der Waals surface area (Å²) in [5.41, 5.74) is 4.83. The molecule has 1 aliphatic rings. The molecule has 2 heterocycles. The van der Waals surface area contributed by atoms with Gasteiger partial charge in [-0.05, 0) is 50.6 Å². The van der Waals surface area contributed by atoms with Crippen molar-refractivity contribution in [2.45, 2.75) is 19.8 Å². The van der Waals surface area contributed by atoms with Crippen LogP contribution >= 0.6 is 0 Å². The summed E-state index contributed by atoms with van der Waals surface area (Å²) in [6.45, 7) is 5.58. The first-order valence-electron chi connectivity index (χ1n) is 7.74. The standard InChI is InChI=1S/C19H22N2.ClH.H2O/c1-16-7-9-17(10-8-16)18(19-6-2-3-12-20-19)11-15-21-13-4-5-14-21;;/h2-3,6-12H,4-5,13-15H2,1H3;1H;1H2/p-1/b18-11+;;. The Hall–Kier alpha value is -1.68. The quantitative estimate of drug-likeness (QED) is 0.797. The molecule has 0 spiro atoms. The van der Waals surface area contributed by atoms with Crippen LogP contribution in [0.5, 0.6) is 0 Å². The van der Waals surface area contributed by atoms with Gasteiger partial charge < -0.3 is 17.9 Å². The van der Waals surface area contributed by atoms with Gasteiger partial charge in [-0.15, -0.1) is 0 Å². The monoisotopic (exact) mass is 331 g/mol. The van der Waals surface area contributed by atoms with Crippen LogP contribution in [0.15, 0.2) is 54.7 Å². The fraction of sp³-hybridized carbons (Fsp3) is 0.316. The zero-order valence-corrected chi connectivity index (χ0v) is 14.3. The highest BCUT2D eigenvalue weighted by Gasteiger charge is 2.11. The Morgan fingerprint density at radius 3 is 2.39 bits per heavy atom. The predicted octanol–water partition coefficient (Wildman–Crippen LogP) is 0.0968. The van der Waals surface area contributed by atoms with Gasteiger partial charge in [0, 0.05) is 18.3 Å². The molecule has 1 aliphatic heterocycles. The third-order valence-corrected chi connectivity index (χ3v) is 4.06. The fourth-order valence-electron chi connectivity index (χ4n) is 2.81. The van der Waals surface area contributed by atoms with Gasteiger partial charge in [-0.25, -0.2) is 0 Å². The van der Waals surface area contributed by atoms with Gasteiger partial charge in [0.2, 0.25) is 0 Å². The van der Waals surface area contributed by atoms with Gasteiger partial charge in [0.25, 0.3) is 0 Å². The number of halogens is 1. The van der Waals surface area contributed by atoms with Crippen molar-refractivity contribution in [3.05, 3.63) is 71.6 Å². The first-order chi connectivity index (χ1) is 10.3. The lowest BCUT2D eigenvalue weighted by Gasteiger charge is -2.14. The Bertz CT molecular complexity index is 605. The molecular formula is C19H24ClN2O-. The second-order valence-corrected chi connectivity index (χ2v) is 5.71. The summed E-state index contributed by atoms with van der Waals surface area (Å²) in [6.07, 6.45) is 6.86. The second kappa shape index (κ2) is 9.46. The van der Waals surface area contributed by atoms with E-state index in [-0.39, 0.29) is 17.9 Å². The van der Waals surface area contributed by atoms with Crippen LogP contribution in [0.25, 0.3) is 5.57 Å². The SMILES string of the molecule is Cc1ccc(/C(=C\CN2CCCC2)c2ccccn2)cc1.O.[Cl-]. The molecule has 23 heavy (non-hydrogen) atoms. The Kier molecular flexibility index (Phi) is 7.96. The van der Waals surface area contributed by atoms with Gasteiger partial charge in [0.1, 0.15) is 0 Å². The van der Waals surface area contributed by atoms with E-state index in [9.17, 15) is 0 Å². The van der Waals surface area contributed by atoms with E-state index in [0.717, 1.165) is 12.2 Å². The molecular weight excluding hydrogens is 308 g/mol. The first kappa shape index (κ1) is 19.4. The number of aryl methyl sites for hydroxylation is 1. The molecule has 3 rings (SSSR count). The van der Waals surface area contributed by atoms with Crippen LogP contribution in [0, 0.1) is 6.92 Å². The van der Waals surface area contributed by atoms with Gasteiger partial charge >= 0.3 is 0 Å². The maximum Gasteiger partial charge on any atom is 0.0705 e. The van der Waals surface area contributed by atoms with E-state index >= 15 is 0 Å². The maximum absolute atomic E-state index is 4.54. The van der Waals surface area contributed by atoms with Crippen LogP contribution in [0.2, 0.25) is 0 Å². The van der Waals surface area contributed by atoms with E-state index in [1.54, 1.807) is 0 Å². The van der Waals surface area contributed by atoms with E-state index < -0.39 is 0 Å². The van der Waals surface area contributed by atoms with Crippen molar-refractivity contribution in [2.75, 3.05) is 19.6 Å². The molecule has 3 nitrogen and oxygen atoms in total. The van der Waals surface area contributed by atoms with Gasteiger partial charge in [-0.2, -0.15) is 0 Å². The highest BCUT2D eigenvalue weighted by atomic mass is 35.5. The molecule has 0 saturated carbocycles. The molecule has 124 valence electrons. The predicted molar refractivity (Wildman–Crippen MR) is 91.8 cm³/mol. The first-order valence-corrected chi connectivity index (χ1v) is 7.74. The summed E-state index contributed by atoms with van der Waals surface area (Å²) in [4.78, 5) is 7.05. The van der Waals surface area contributed by atoms with Crippen LogP contribution < -0.4 is 12.4 Å². The Morgan fingerprint density at radius 2 is 1.78 bits per heavy atom. The van der Waals surface area contributed by atoms with Gasteiger partial charge in [0.15, 0.2) is 0 Å². The topological polar surface area (TPSA) is 47.6 Å². The number of benzene rings is 1. The Labute approximate surface area is 144 Å². The van der Waals surface area contributed by atoms with Gasteiger partial charge in [0.05, 0.1) is 5.69 Å². The number of hydrogen-bond acceptors (Lipinski definition) is 2. The Morgan fingerprint density at radius 1 is 1.09 bits per heavy atom. The van der Waals surface area contributed by atoms with Crippen molar-refractivity contribution in [1.29, 1.82) is 0 Å². The molecule has 2 aromatic rings. The van der Waals surface area contributed by atoms with E-state index in [0.29, 0.717) is 0 Å². The zero-order valence-electron chi connectivity index (χ0n) is 13.5. The number of likely N-dealkylation sites (tertiary alicyclic amines) is 1. The number of pyridine rings is 1. The summed E-state index contributed by atoms with van der Waals surface area (Å²) < 4.78 is 0. The number of rotatable bonds is 4. The summed E-state index contributed by atoms with van der Waals surface area (Å²) in [6, 6.07) is 14.8. The largest absolute Gasteiger partial charge is 1.00 e. The average molecular weight is 332 g/mol. The van der Waals surface area contributed by atoms with Crippen LogP contribution in [-0.2, 0) is 0 Å². The second-order valence-electron chi connectivity index (χ2n) is 5.71. The Balaban J connectivity index is 0.00000132. The lowest BCUT2D eigenvalue weighted by atomic mass is 10.0. The molecule has 0 bridgehead atoms. The van der Waals surface area contributed by atoms with Crippen molar-refractivity contribution in [2.24, 2.45) is 0 Å². The minimum atomic E-state index is 0. The van der Waals surface area contributed by atoms with Crippen molar-refractivity contribution in [3.63, 3.8) is 0 Å². The molecule has 4 heteroatoms. The number of nitrogens with zero attached hydrogens (tertiary/aromatic N) is 2. The van der Waals surface area contributed by atoms with Gasteiger partial charge in [-0.1, -0.05) is 42.0 Å². The number of hydrogen-bond donors (Lipinski definition) is 0. The van der Waals surface area contributed by atoms with Crippen LogP contribution in [-0.4, -0.2) is 35.0 Å². The molecule has 1 fully saturated rings. The van der Waals surface area contributed by atoms with Crippen LogP contribution in [0.1, 0.15) is 29.7 Å². The summed E-state index contributed by atoms with van der Waals surface area (Å²) in [5.74, 6) is 0. The van der Waals surface area contributed by atoms with Gasteiger partial charge in [-0.3, -0.25) is 9.88 Å². The molecule has 1 aromatic carbocycles. The maximum atomic E-state index is 4.54. The van der Waals surface area contributed by atoms with E-state index in [1.807, 2.05) is 12.3 Å². The molecule has 0 aliphatic carbocycles. The average Bonchev–Trinajstić information content (AvgIpc) is 3.04. The molecule has 2 N–H and O–H groups in total. The molecule has 0 unspecified atom stereocenters. The molecule has 0 radical (unpaired) electrons. The normalized spacial score (nSPS) is 14.9. The highest BCUT2D eigenvalue weighted by molar-refractivity contribution is 5.78. The summed E-state index contributed by atoms with van der Waals surface area (Å²) in [7, 11) is 0. The minimum absolute atomic E-state index is 0. The van der Waals surface area contributed by atoms with E-state index in [1.165, 1.54) is 42.6 Å². The van der Waals surface area contributed by atoms with Crippen molar-refractivity contribution < 1.29 is 17.9 Å².